The van der Waals surface area contributed by atoms with Crippen molar-refractivity contribution in [3.05, 3.63) is 71.5 Å². The molecule has 0 aliphatic carbocycles. The molecule has 2 amide bonds. The van der Waals surface area contributed by atoms with Crippen LogP contribution in [0, 0.1) is 11.7 Å². The standard InChI is InChI=1S/C25H30FN3O3/c26-22-8-6-21(7-9-22)25(31)29-12-10-20(11-13-29)24(30)27-16-23-18-28(14-15-32-23)17-19-4-2-1-3-5-19/h1-9,20,23H,10-18H2,(H,27,30). The van der Waals surface area contributed by atoms with Gasteiger partial charge in [0.1, 0.15) is 5.82 Å². The molecule has 4 rings (SSSR count). The molecule has 32 heavy (non-hydrogen) atoms. The Balaban J connectivity index is 1.19. The lowest BCUT2D eigenvalue weighted by molar-refractivity contribution is -0.127. The fourth-order valence-corrected chi connectivity index (χ4v) is 4.37. The van der Waals surface area contributed by atoms with Gasteiger partial charge in [0.25, 0.3) is 5.91 Å². The number of hydrogen-bond acceptors (Lipinski definition) is 4. The maximum atomic E-state index is 13.1. The van der Waals surface area contributed by atoms with Crippen LogP contribution in [0.4, 0.5) is 4.39 Å². The van der Waals surface area contributed by atoms with E-state index in [9.17, 15) is 14.0 Å². The predicted octanol–water partition coefficient (Wildman–Crippen LogP) is 2.70. The summed E-state index contributed by atoms with van der Waals surface area (Å²) in [6.07, 6.45) is 1.24. The van der Waals surface area contributed by atoms with Crippen molar-refractivity contribution in [1.29, 1.82) is 0 Å². The third kappa shape index (κ3) is 5.93. The van der Waals surface area contributed by atoms with Crippen LogP contribution in [-0.4, -0.2) is 67.0 Å². The largest absolute Gasteiger partial charge is 0.374 e. The number of amides is 2. The highest BCUT2D eigenvalue weighted by Crippen LogP contribution is 2.20. The summed E-state index contributed by atoms with van der Waals surface area (Å²) in [7, 11) is 0. The third-order valence-electron chi connectivity index (χ3n) is 6.22. The molecule has 0 spiro atoms. The molecule has 1 N–H and O–H groups in total. The first-order chi connectivity index (χ1) is 15.6. The van der Waals surface area contributed by atoms with E-state index in [2.05, 4.69) is 22.3 Å². The molecule has 1 unspecified atom stereocenters. The molecule has 2 aromatic carbocycles. The lowest BCUT2D eigenvalue weighted by Gasteiger charge is -2.34. The molecular weight excluding hydrogens is 409 g/mol. The summed E-state index contributed by atoms with van der Waals surface area (Å²) in [5, 5.41) is 3.05. The summed E-state index contributed by atoms with van der Waals surface area (Å²) in [6, 6.07) is 16.0. The highest BCUT2D eigenvalue weighted by molar-refractivity contribution is 5.94. The fourth-order valence-electron chi connectivity index (χ4n) is 4.37. The van der Waals surface area contributed by atoms with E-state index in [-0.39, 0.29) is 29.7 Å². The Labute approximate surface area is 188 Å². The second-order valence-corrected chi connectivity index (χ2v) is 8.53. The zero-order valence-electron chi connectivity index (χ0n) is 18.2. The van der Waals surface area contributed by atoms with Crippen molar-refractivity contribution in [2.45, 2.75) is 25.5 Å². The van der Waals surface area contributed by atoms with Crippen molar-refractivity contribution >= 4 is 11.8 Å². The molecule has 2 aromatic rings. The fraction of sp³-hybridized carbons (Fsp3) is 0.440. The second-order valence-electron chi connectivity index (χ2n) is 8.53. The lowest BCUT2D eigenvalue weighted by Crippen LogP contribution is -2.49. The zero-order chi connectivity index (χ0) is 22.3. The molecule has 7 heteroatoms. The van der Waals surface area contributed by atoms with Gasteiger partial charge in [-0.15, -0.1) is 0 Å². The van der Waals surface area contributed by atoms with Crippen LogP contribution in [0.1, 0.15) is 28.8 Å². The Morgan fingerprint density at radius 2 is 1.72 bits per heavy atom. The molecule has 0 bridgehead atoms. The number of ether oxygens (including phenoxy) is 1. The number of carbonyl (C=O) groups is 2. The van der Waals surface area contributed by atoms with Gasteiger partial charge in [-0.25, -0.2) is 4.39 Å². The number of halogens is 1. The molecule has 2 saturated heterocycles. The van der Waals surface area contributed by atoms with Crippen molar-refractivity contribution in [2.24, 2.45) is 5.92 Å². The van der Waals surface area contributed by atoms with Crippen LogP contribution in [-0.2, 0) is 16.1 Å². The Kier molecular flexibility index (Phi) is 7.50. The van der Waals surface area contributed by atoms with Gasteiger partial charge in [-0.05, 0) is 42.7 Å². The number of carbonyl (C=O) groups excluding carboxylic acids is 2. The Hall–Kier alpha value is -2.77. The molecule has 1 atom stereocenters. The van der Waals surface area contributed by atoms with Crippen LogP contribution in [0.5, 0.6) is 0 Å². The second kappa shape index (κ2) is 10.7. The van der Waals surface area contributed by atoms with Gasteiger partial charge in [-0.1, -0.05) is 30.3 Å². The molecule has 2 fully saturated rings. The number of benzene rings is 2. The first-order valence-corrected chi connectivity index (χ1v) is 11.3. The van der Waals surface area contributed by atoms with Crippen LogP contribution in [0.15, 0.2) is 54.6 Å². The summed E-state index contributed by atoms with van der Waals surface area (Å²) in [6.45, 7) is 4.78. The average Bonchev–Trinajstić information content (AvgIpc) is 2.83. The summed E-state index contributed by atoms with van der Waals surface area (Å²) in [4.78, 5) is 29.3. The normalized spacial score (nSPS) is 20.2. The van der Waals surface area contributed by atoms with Gasteiger partial charge in [0.2, 0.25) is 5.91 Å². The van der Waals surface area contributed by atoms with Crippen LogP contribution < -0.4 is 5.32 Å². The predicted molar refractivity (Wildman–Crippen MR) is 119 cm³/mol. The molecule has 6 nitrogen and oxygen atoms in total. The van der Waals surface area contributed by atoms with Gasteiger partial charge in [0.05, 0.1) is 12.7 Å². The van der Waals surface area contributed by atoms with E-state index in [1.54, 1.807) is 4.90 Å². The smallest absolute Gasteiger partial charge is 0.253 e. The van der Waals surface area contributed by atoms with E-state index in [0.717, 1.165) is 19.6 Å². The van der Waals surface area contributed by atoms with Crippen molar-refractivity contribution in [3.8, 4) is 0 Å². The van der Waals surface area contributed by atoms with Gasteiger partial charge < -0.3 is 15.0 Å². The first-order valence-electron chi connectivity index (χ1n) is 11.3. The van der Waals surface area contributed by atoms with Crippen LogP contribution in [0.3, 0.4) is 0 Å². The van der Waals surface area contributed by atoms with Gasteiger partial charge >= 0.3 is 0 Å². The molecular formula is C25H30FN3O3. The van der Waals surface area contributed by atoms with E-state index < -0.39 is 0 Å². The number of piperidine rings is 1. The van der Waals surface area contributed by atoms with Gasteiger partial charge in [0.15, 0.2) is 0 Å². The number of hydrogen-bond donors (Lipinski definition) is 1. The van der Waals surface area contributed by atoms with Crippen molar-refractivity contribution < 1.29 is 18.7 Å². The minimum Gasteiger partial charge on any atom is -0.374 e. The molecule has 2 aliphatic rings. The Morgan fingerprint density at radius 3 is 2.44 bits per heavy atom. The quantitative estimate of drug-likeness (QED) is 0.752. The van der Waals surface area contributed by atoms with Gasteiger partial charge in [-0.2, -0.15) is 0 Å². The average molecular weight is 440 g/mol. The van der Waals surface area contributed by atoms with Crippen LogP contribution >= 0.6 is 0 Å². The number of rotatable bonds is 6. The molecule has 0 saturated carbocycles. The third-order valence-corrected chi connectivity index (χ3v) is 6.22. The highest BCUT2D eigenvalue weighted by atomic mass is 19.1. The van der Waals surface area contributed by atoms with E-state index in [1.807, 2.05) is 18.2 Å². The van der Waals surface area contributed by atoms with Crippen molar-refractivity contribution in [3.63, 3.8) is 0 Å². The minimum atomic E-state index is -0.359. The Morgan fingerprint density at radius 1 is 1.00 bits per heavy atom. The summed E-state index contributed by atoms with van der Waals surface area (Å²) in [5.41, 5.74) is 1.75. The topological polar surface area (TPSA) is 61.9 Å². The molecule has 0 aromatic heterocycles. The maximum absolute atomic E-state index is 13.1. The maximum Gasteiger partial charge on any atom is 0.253 e. The number of nitrogens with one attached hydrogen (secondary N) is 1. The molecule has 170 valence electrons. The summed E-state index contributed by atoms with van der Waals surface area (Å²) < 4.78 is 18.9. The highest BCUT2D eigenvalue weighted by Gasteiger charge is 2.29. The summed E-state index contributed by atoms with van der Waals surface area (Å²) >= 11 is 0. The number of likely N-dealkylation sites (tertiary alicyclic amines) is 1. The SMILES string of the molecule is O=C(NCC1CN(Cc2ccccc2)CCO1)C1CCN(C(=O)c2ccc(F)cc2)CC1. The number of nitrogens with zero attached hydrogens (tertiary/aromatic N) is 2. The molecule has 0 radical (unpaired) electrons. The van der Waals surface area contributed by atoms with Crippen molar-refractivity contribution in [2.75, 3.05) is 39.3 Å². The molecule has 2 heterocycles. The van der Waals surface area contributed by atoms with E-state index in [0.29, 0.717) is 44.6 Å². The van der Waals surface area contributed by atoms with E-state index in [4.69, 9.17) is 4.74 Å². The van der Waals surface area contributed by atoms with Crippen LogP contribution in [0.2, 0.25) is 0 Å². The summed E-state index contributed by atoms with van der Waals surface area (Å²) in [5.74, 6) is -0.543. The zero-order valence-corrected chi connectivity index (χ0v) is 18.2. The van der Waals surface area contributed by atoms with E-state index in [1.165, 1.54) is 29.8 Å². The number of morpholine rings is 1. The van der Waals surface area contributed by atoms with Gasteiger partial charge in [0, 0.05) is 50.7 Å². The Bertz CT molecular complexity index is 898. The minimum absolute atomic E-state index is 0.0171. The van der Waals surface area contributed by atoms with E-state index >= 15 is 0 Å². The monoisotopic (exact) mass is 439 g/mol. The van der Waals surface area contributed by atoms with Crippen LogP contribution in [0.25, 0.3) is 0 Å². The lowest BCUT2D eigenvalue weighted by atomic mass is 9.95. The first kappa shape index (κ1) is 22.4. The van der Waals surface area contributed by atoms with Gasteiger partial charge in [-0.3, -0.25) is 14.5 Å². The molecule has 2 aliphatic heterocycles. The van der Waals surface area contributed by atoms with Crippen molar-refractivity contribution in [1.82, 2.24) is 15.1 Å².